The quantitative estimate of drug-likeness (QED) is 0.751. The van der Waals surface area contributed by atoms with Gasteiger partial charge in [-0.1, -0.05) is 12.1 Å². The van der Waals surface area contributed by atoms with Crippen molar-refractivity contribution in [1.82, 2.24) is 19.5 Å². The molecule has 1 N–H and O–H groups in total. The number of benzene rings is 1. The van der Waals surface area contributed by atoms with Crippen molar-refractivity contribution in [2.45, 2.75) is 11.4 Å². The molecule has 8 nitrogen and oxygen atoms in total. The number of hydrogen-bond donors (Lipinski definition) is 1. The van der Waals surface area contributed by atoms with Crippen molar-refractivity contribution in [3.8, 4) is 5.75 Å². The second kappa shape index (κ2) is 7.84. The van der Waals surface area contributed by atoms with E-state index < -0.39 is 10.0 Å². The Balaban J connectivity index is 1.33. The Kier molecular flexibility index (Phi) is 5.25. The fourth-order valence-corrected chi connectivity index (χ4v) is 4.97. The lowest BCUT2D eigenvalue weighted by Crippen LogP contribution is -2.41. The van der Waals surface area contributed by atoms with E-state index in [-0.39, 0.29) is 10.9 Å². The second-order valence-corrected chi connectivity index (χ2v) is 8.97. The molecular formula is C20H22N4O4S. The summed E-state index contributed by atoms with van der Waals surface area (Å²) in [6.45, 7) is 1.91. The van der Waals surface area contributed by atoms with Crippen LogP contribution in [-0.4, -0.2) is 61.9 Å². The minimum Gasteiger partial charge on any atom is -0.497 e. The highest BCUT2D eigenvalue weighted by Gasteiger charge is 2.37. The van der Waals surface area contributed by atoms with E-state index in [4.69, 9.17) is 4.74 Å². The standard InChI is InChI=1S/C20H22N4O4S/c1-28-18-5-2-4-15(8-18)9-22-20(25)23-11-16-13-24(14-17(16)12-23)29(26,27)19-6-3-7-21-10-19/h2-8,10H,9,11-14H2,1H3,(H,22,25). The zero-order chi connectivity index (χ0) is 20.4. The normalized spacial score (nSPS) is 16.8. The zero-order valence-electron chi connectivity index (χ0n) is 16.0. The average Bonchev–Trinajstić information content (AvgIpc) is 3.33. The van der Waals surface area contributed by atoms with Gasteiger partial charge in [0, 0.05) is 45.1 Å². The first kappa shape index (κ1) is 19.4. The molecular weight excluding hydrogens is 392 g/mol. The number of aromatic nitrogens is 1. The van der Waals surface area contributed by atoms with Gasteiger partial charge in [-0.25, -0.2) is 13.2 Å². The molecule has 0 atom stereocenters. The van der Waals surface area contributed by atoms with Gasteiger partial charge in [-0.2, -0.15) is 4.31 Å². The smallest absolute Gasteiger partial charge is 0.318 e. The predicted molar refractivity (Wildman–Crippen MR) is 107 cm³/mol. The topological polar surface area (TPSA) is 91.8 Å². The van der Waals surface area contributed by atoms with Crippen LogP contribution < -0.4 is 10.1 Å². The molecule has 4 rings (SSSR count). The Bertz CT molecular complexity index is 1040. The molecule has 0 saturated heterocycles. The molecule has 9 heteroatoms. The van der Waals surface area contributed by atoms with Crippen LogP contribution >= 0.6 is 0 Å². The molecule has 0 unspecified atom stereocenters. The Morgan fingerprint density at radius 2 is 1.90 bits per heavy atom. The third kappa shape index (κ3) is 3.96. The third-order valence-electron chi connectivity index (χ3n) is 5.14. The summed E-state index contributed by atoms with van der Waals surface area (Å²) in [5, 5.41) is 2.91. The van der Waals surface area contributed by atoms with E-state index in [2.05, 4.69) is 10.3 Å². The molecule has 152 valence electrons. The van der Waals surface area contributed by atoms with Gasteiger partial charge in [0.2, 0.25) is 10.0 Å². The molecule has 3 heterocycles. The first-order valence-electron chi connectivity index (χ1n) is 9.23. The number of carbonyl (C=O) groups excluding carboxylic acids is 1. The van der Waals surface area contributed by atoms with Crippen molar-refractivity contribution in [3.63, 3.8) is 0 Å². The largest absolute Gasteiger partial charge is 0.497 e. The Morgan fingerprint density at radius 1 is 1.14 bits per heavy atom. The van der Waals surface area contributed by atoms with Gasteiger partial charge in [0.05, 0.1) is 7.11 Å². The maximum absolute atomic E-state index is 12.7. The highest BCUT2D eigenvalue weighted by atomic mass is 32.2. The summed E-state index contributed by atoms with van der Waals surface area (Å²) in [6, 6.07) is 10.5. The minimum absolute atomic E-state index is 0.163. The number of nitrogens with one attached hydrogen (secondary N) is 1. The monoisotopic (exact) mass is 414 g/mol. The fraction of sp³-hybridized carbons (Fsp3) is 0.300. The zero-order valence-corrected chi connectivity index (χ0v) is 16.9. The van der Waals surface area contributed by atoms with Gasteiger partial charge in [0.25, 0.3) is 0 Å². The first-order chi connectivity index (χ1) is 14.0. The number of sulfonamides is 1. The number of hydrogen-bond acceptors (Lipinski definition) is 5. The fourth-order valence-electron chi connectivity index (χ4n) is 3.58. The van der Waals surface area contributed by atoms with Gasteiger partial charge in [-0.05, 0) is 41.0 Å². The molecule has 0 fully saturated rings. The lowest BCUT2D eigenvalue weighted by atomic mass is 10.2. The van der Waals surface area contributed by atoms with E-state index in [1.165, 1.54) is 10.5 Å². The van der Waals surface area contributed by atoms with Crippen molar-refractivity contribution in [1.29, 1.82) is 0 Å². The van der Waals surface area contributed by atoms with Crippen LogP contribution in [0.2, 0.25) is 0 Å². The van der Waals surface area contributed by atoms with Crippen LogP contribution in [0.15, 0.2) is 64.8 Å². The van der Waals surface area contributed by atoms with E-state index in [0.717, 1.165) is 22.5 Å². The number of urea groups is 1. The average molecular weight is 414 g/mol. The van der Waals surface area contributed by atoms with Crippen LogP contribution in [0.5, 0.6) is 5.75 Å². The van der Waals surface area contributed by atoms with Crippen molar-refractivity contribution in [2.24, 2.45) is 0 Å². The number of pyridine rings is 1. The first-order valence-corrected chi connectivity index (χ1v) is 10.7. The molecule has 2 aliphatic heterocycles. The van der Waals surface area contributed by atoms with Crippen LogP contribution in [0.1, 0.15) is 5.56 Å². The minimum atomic E-state index is -3.57. The van der Waals surface area contributed by atoms with Crippen molar-refractivity contribution in [2.75, 3.05) is 33.3 Å². The highest BCUT2D eigenvalue weighted by molar-refractivity contribution is 7.89. The lowest BCUT2D eigenvalue weighted by molar-refractivity contribution is 0.208. The third-order valence-corrected chi connectivity index (χ3v) is 6.91. The number of methoxy groups -OCH3 is 1. The van der Waals surface area contributed by atoms with Crippen LogP contribution in [0.4, 0.5) is 4.79 Å². The van der Waals surface area contributed by atoms with Gasteiger partial charge in [0.15, 0.2) is 0 Å². The molecule has 0 saturated carbocycles. The maximum atomic E-state index is 12.7. The molecule has 29 heavy (non-hydrogen) atoms. The summed E-state index contributed by atoms with van der Waals surface area (Å²) in [5.74, 6) is 0.744. The molecule has 0 bridgehead atoms. The molecule has 0 spiro atoms. The molecule has 2 aliphatic rings. The van der Waals surface area contributed by atoms with Gasteiger partial charge in [-0.15, -0.1) is 0 Å². The maximum Gasteiger partial charge on any atom is 0.318 e. The molecule has 1 aromatic carbocycles. The SMILES string of the molecule is COc1cccc(CNC(=O)N2CC3=C(C2)CN(S(=O)(=O)c2cccnc2)C3)c1. The molecule has 0 aliphatic carbocycles. The summed E-state index contributed by atoms with van der Waals surface area (Å²) in [6.07, 6.45) is 2.90. The molecule has 0 radical (unpaired) electrons. The van der Waals surface area contributed by atoms with Gasteiger partial charge < -0.3 is 15.0 Å². The number of carbonyl (C=O) groups is 1. The van der Waals surface area contributed by atoms with Gasteiger partial charge in [-0.3, -0.25) is 4.98 Å². The highest BCUT2D eigenvalue weighted by Crippen LogP contribution is 2.29. The van der Waals surface area contributed by atoms with Crippen LogP contribution in [0.25, 0.3) is 0 Å². The number of nitrogens with zero attached hydrogens (tertiary/aromatic N) is 3. The summed E-state index contributed by atoms with van der Waals surface area (Å²) >= 11 is 0. The van der Waals surface area contributed by atoms with Gasteiger partial charge >= 0.3 is 6.03 Å². The van der Waals surface area contributed by atoms with Crippen molar-refractivity contribution in [3.05, 3.63) is 65.5 Å². The van der Waals surface area contributed by atoms with E-state index in [0.29, 0.717) is 32.7 Å². The van der Waals surface area contributed by atoms with E-state index in [1.807, 2.05) is 24.3 Å². The summed E-state index contributed by atoms with van der Waals surface area (Å²) in [7, 11) is -1.97. The molecule has 1 aromatic heterocycles. The number of rotatable bonds is 5. The van der Waals surface area contributed by atoms with Crippen LogP contribution in [-0.2, 0) is 16.6 Å². The number of amides is 2. The van der Waals surface area contributed by atoms with Crippen LogP contribution in [0.3, 0.4) is 0 Å². The lowest BCUT2D eigenvalue weighted by Gasteiger charge is -2.23. The number of ether oxygens (including phenoxy) is 1. The summed E-state index contributed by atoms with van der Waals surface area (Å²) in [4.78, 5) is 18.3. The van der Waals surface area contributed by atoms with E-state index >= 15 is 0 Å². The second-order valence-electron chi connectivity index (χ2n) is 7.04. The van der Waals surface area contributed by atoms with E-state index in [1.54, 1.807) is 30.3 Å². The van der Waals surface area contributed by atoms with Crippen LogP contribution in [0, 0.1) is 0 Å². The Labute approximate surface area is 169 Å². The predicted octanol–water partition coefficient (Wildman–Crippen LogP) is 1.62. The molecule has 2 aromatic rings. The summed E-state index contributed by atoms with van der Waals surface area (Å²) < 4.78 is 32.1. The van der Waals surface area contributed by atoms with Gasteiger partial charge in [0.1, 0.15) is 10.6 Å². The Morgan fingerprint density at radius 3 is 2.55 bits per heavy atom. The van der Waals surface area contributed by atoms with Crippen molar-refractivity contribution < 1.29 is 17.9 Å². The summed E-state index contributed by atoms with van der Waals surface area (Å²) in [5.41, 5.74) is 2.94. The van der Waals surface area contributed by atoms with E-state index in [9.17, 15) is 13.2 Å². The molecule has 2 amide bonds. The van der Waals surface area contributed by atoms with Crippen molar-refractivity contribution >= 4 is 16.1 Å². The Hall–Kier alpha value is -2.91.